The van der Waals surface area contributed by atoms with Gasteiger partial charge in [0.1, 0.15) is 0 Å². The van der Waals surface area contributed by atoms with Gasteiger partial charge in [-0.2, -0.15) is 0 Å². The number of nitrogen functional groups attached to an aromatic ring is 1. The molecule has 3 N–H and O–H groups in total. The largest absolute Gasteiger partial charge is 0.398 e. The van der Waals surface area contributed by atoms with Gasteiger partial charge in [-0.25, -0.2) is 4.98 Å². The fourth-order valence-corrected chi connectivity index (χ4v) is 3.69. The lowest BCUT2D eigenvalue weighted by atomic mass is 10.3. The van der Waals surface area contributed by atoms with Crippen molar-refractivity contribution in [1.29, 1.82) is 0 Å². The highest BCUT2D eigenvalue weighted by atomic mass is 35.5. The molecule has 102 valence electrons. The van der Waals surface area contributed by atoms with Gasteiger partial charge in [-0.1, -0.05) is 22.9 Å². The summed E-state index contributed by atoms with van der Waals surface area (Å²) in [6.45, 7) is 1.89. The molecule has 0 radical (unpaired) electrons. The van der Waals surface area contributed by atoms with Crippen molar-refractivity contribution in [1.82, 2.24) is 4.98 Å². The number of halogens is 1. The highest BCUT2D eigenvalue weighted by Gasteiger charge is 2.13. The third-order valence-corrected chi connectivity index (χ3v) is 4.98. The van der Waals surface area contributed by atoms with Crippen molar-refractivity contribution in [3.05, 3.63) is 39.0 Å². The Balaban J connectivity index is 1.87. The molecule has 1 aromatic carbocycles. The van der Waals surface area contributed by atoms with Crippen molar-refractivity contribution in [2.45, 2.75) is 6.92 Å². The summed E-state index contributed by atoms with van der Waals surface area (Å²) in [5, 5.41) is 3.99. The number of thiazole rings is 1. The summed E-state index contributed by atoms with van der Waals surface area (Å²) in [6.07, 6.45) is 0. The number of nitrogens with zero attached hydrogens (tertiary/aromatic N) is 1. The third kappa shape index (κ3) is 2.49. The summed E-state index contributed by atoms with van der Waals surface area (Å²) in [7, 11) is 0. The first-order chi connectivity index (χ1) is 9.52. The van der Waals surface area contributed by atoms with Crippen molar-refractivity contribution in [2.24, 2.45) is 0 Å². The molecule has 0 saturated heterocycles. The zero-order valence-corrected chi connectivity index (χ0v) is 12.8. The summed E-state index contributed by atoms with van der Waals surface area (Å²) in [4.78, 5) is 18.0. The molecule has 0 aliphatic heterocycles. The maximum absolute atomic E-state index is 12.1. The zero-order chi connectivity index (χ0) is 14.3. The standard InChI is InChI=1S/C13H10ClN3OS2/c1-6-8(15)5-11(19-6)12(18)17-13-16-9-3-2-7(14)4-10(9)20-13/h2-5H,15H2,1H3,(H,16,17,18). The van der Waals surface area contributed by atoms with E-state index < -0.39 is 0 Å². The predicted octanol–water partition coefficient (Wildman–Crippen LogP) is 4.15. The molecule has 2 aromatic heterocycles. The molecule has 3 aromatic rings. The number of rotatable bonds is 2. The SMILES string of the molecule is Cc1sc(C(=O)Nc2nc3ccc(Cl)cc3s2)cc1N. The van der Waals surface area contributed by atoms with Crippen LogP contribution in [0.4, 0.5) is 10.8 Å². The van der Waals surface area contributed by atoms with Gasteiger partial charge < -0.3 is 5.73 Å². The lowest BCUT2D eigenvalue weighted by molar-refractivity contribution is 0.103. The molecule has 0 fully saturated rings. The first-order valence-electron chi connectivity index (χ1n) is 5.76. The second-order valence-electron chi connectivity index (χ2n) is 4.21. The molecule has 7 heteroatoms. The molecule has 0 spiro atoms. The number of aryl methyl sites for hydroxylation is 1. The van der Waals surface area contributed by atoms with E-state index in [-0.39, 0.29) is 5.91 Å². The number of aromatic nitrogens is 1. The van der Waals surface area contributed by atoms with Gasteiger partial charge in [0.05, 0.1) is 15.1 Å². The second kappa shape index (κ2) is 5.05. The van der Waals surface area contributed by atoms with Crippen LogP contribution in [0.5, 0.6) is 0 Å². The Kier molecular flexibility index (Phi) is 3.37. The maximum atomic E-state index is 12.1. The summed E-state index contributed by atoms with van der Waals surface area (Å²) in [5.41, 5.74) is 7.20. The van der Waals surface area contributed by atoms with Crippen molar-refractivity contribution in [3.8, 4) is 0 Å². The number of anilines is 2. The highest BCUT2D eigenvalue weighted by Crippen LogP contribution is 2.29. The van der Waals surface area contributed by atoms with Crippen molar-refractivity contribution in [2.75, 3.05) is 11.1 Å². The van der Waals surface area contributed by atoms with Crippen LogP contribution < -0.4 is 11.1 Å². The van der Waals surface area contributed by atoms with Gasteiger partial charge in [0.25, 0.3) is 5.91 Å². The second-order valence-corrected chi connectivity index (χ2v) is 6.93. The Morgan fingerprint density at radius 3 is 2.85 bits per heavy atom. The average molecular weight is 324 g/mol. The zero-order valence-electron chi connectivity index (χ0n) is 10.4. The molecule has 1 amide bonds. The number of benzene rings is 1. The van der Waals surface area contributed by atoms with E-state index >= 15 is 0 Å². The molecule has 0 bridgehead atoms. The summed E-state index contributed by atoms with van der Waals surface area (Å²) in [5.74, 6) is -0.194. The van der Waals surface area contributed by atoms with Crippen molar-refractivity contribution in [3.63, 3.8) is 0 Å². The van der Waals surface area contributed by atoms with Gasteiger partial charge in [-0.05, 0) is 31.2 Å². The Morgan fingerprint density at radius 2 is 2.15 bits per heavy atom. The summed E-state index contributed by atoms with van der Waals surface area (Å²) < 4.78 is 0.940. The van der Waals surface area contributed by atoms with E-state index in [2.05, 4.69) is 10.3 Å². The first-order valence-corrected chi connectivity index (χ1v) is 7.77. The van der Waals surface area contributed by atoms with E-state index in [1.807, 2.05) is 19.1 Å². The Labute approximate surface area is 128 Å². The number of hydrogen-bond donors (Lipinski definition) is 2. The van der Waals surface area contributed by atoms with Crippen LogP contribution in [0.25, 0.3) is 10.2 Å². The molecule has 20 heavy (non-hydrogen) atoms. The maximum Gasteiger partial charge on any atom is 0.267 e. The third-order valence-electron chi connectivity index (χ3n) is 2.75. The van der Waals surface area contributed by atoms with Crippen molar-refractivity contribution >= 4 is 61.2 Å². The molecular weight excluding hydrogens is 314 g/mol. The smallest absolute Gasteiger partial charge is 0.267 e. The number of carbonyl (C=O) groups is 1. The van der Waals surface area contributed by atoms with E-state index in [0.717, 1.165) is 15.1 Å². The fraction of sp³-hybridized carbons (Fsp3) is 0.0769. The molecule has 4 nitrogen and oxygen atoms in total. The van der Waals surface area contributed by atoms with Crippen LogP contribution in [-0.4, -0.2) is 10.9 Å². The molecule has 0 aliphatic rings. The Hall–Kier alpha value is -1.63. The van der Waals surface area contributed by atoms with E-state index in [0.29, 0.717) is 20.7 Å². The molecule has 0 saturated carbocycles. The number of nitrogens with two attached hydrogens (primary N) is 1. The van der Waals surface area contributed by atoms with E-state index in [1.54, 1.807) is 12.1 Å². The minimum absolute atomic E-state index is 0.194. The van der Waals surface area contributed by atoms with Crippen LogP contribution in [0.1, 0.15) is 14.5 Å². The van der Waals surface area contributed by atoms with Gasteiger partial charge in [0.15, 0.2) is 5.13 Å². The van der Waals surface area contributed by atoms with Crippen LogP contribution in [-0.2, 0) is 0 Å². The molecule has 0 atom stereocenters. The Morgan fingerprint density at radius 1 is 1.35 bits per heavy atom. The Bertz CT molecular complexity index is 790. The van der Waals surface area contributed by atoms with Gasteiger partial charge in [-0.3, -0.25) is 10.1 Å². The molecule has 0 unspecified atom stereocenters. The lowest BCUT2D eigenvalue weighted by Crippen LogP contribution is -2.09. The lowest BCUT2D eigenvalue weighted by Gasteiger charge is -1.96. The predicted molar refractivity (Wildman–Crippen MR) is 86.1 cm³/mol. The number of thiophene rings is 1. The minimum atomic E-state index is -0.194. The number of amides is 1. The monoisotopic (exact) mass is 323 g/mol. The molecule has 2 heterocycles. The van der Waals surface area contributed by atoms with E-state index in [1.165, 1.54) is 22.7 Å². The van der Waals surface area contributed by atoms with Crippen molar-refractivity contribution < 1.29 is 4.79 Å². The summed E-state index contributed by atoms with van der Waals surface area (Å²) >= 11 is 8.69. The quantitative estimate of drug-likeness (QED) is 0.744. The van der Waals surface area contributed by atoms with Gasteiger partial charge in [-0.15, -0.1) is 11.3 Å². The van der Waals surface area contributed by atoms with Crippen LogP contribution >= 0.6 is 34.3 Å². The highest BCUT2D eigenvalue weighted by molar-refractivity contribution is 7.22. The number of hydrogen-bond acceptors (Lipinski definition) is 5. The van der Waals surface area contributed by atoms with Crippen LogP contribution in [0.3, 0.4) is 0 Å². The number of nitrogens with one attached hydrogen (secondary N) is 1. The summed E-state index contributed by atoms with van der Waals surface area (Å²) in [6, 6.07) is 7.12. The van der Waals surface area contributed by atoms with Gasteiger partial charge >= 0.3 is 0 Å². The van der Waals surface area contributed by atoms with Crippen LogP contribution in [0, 0.1) is 6.92 Å². The van der Waals surface area contributed by atoms with E-state index in [4.69, 9.17) is 17.3 Å². The number of carbonyl (C=O) groups excluding carboxylic acids is 1. The molecule has 0 aliphatic carbocycles. The first kappa shape index (κ1) is 13.4. The normalized spacial score (nSPS) is 10.9. The minimum Gasteiger partial charge on any atom is -0.398 e. The van der Waals surface area contributed by atoms with Crippen LogP contribution in [0.2, 0.25) is 5.02 Å². The topological polar surface area (TPSA) is 68.0 Å². The van der Waals surface area contributed by atoms with Crippen LogP contribution in [0.15, 0.2) is 24.3 Å². The molecule has 3 rings (SSSR count). The molecular formula is C13H10ClN3OS2. The van der Waals surface area contributed by atoms with E-state index in [9.17, 15) is 4.79 Å². The van der Waals surface area contributed by atoms with Gasteiger partial charge in [0.2, 0.25) is 0 Å². The van der Waals surface area contributed by atoms with Gasteiger partial charge in [0, 0.05) is 15.6 Å². The average Bonchev–Trinajstić information content (AvgIpc) is 2.93. The number of fused-ring (bicyclic) bond motifs is 1. The fourth-order valence-electron chi connectivity index (χ4n) is 1.72.